The van der Waals surface area contributed by atoms with E-state index in [1.165, 1.54) is 19.2 Å². The third-order valence-corrected chi connectivity index (χ3v) is 5.45. The zero-order chi connectivity index (χ0) is 15.0. The summed E-state index contributed by atoms with van der Waals surface area (Å²) in [4.78, 5) is 0.0543. The molecule has 6 nitrogen and oxygen atoms in total. The number of nitrogens with one attached hydrogen (secondary N) is 1. The topological polar surface area (TPSA) is 90.7 Å². The normalized spacial score (nSPS) is 26.6. The summed E-state index contributed by atoms with van der Waals surface area (Å²) in [7, 11) is -2.20. The lowest BCUT2D eigenvalue weighted by Crippen LogP contribution is -2.50. The number of anilines is 1. The van der Waals surface area contributed by atoms with Gasteiger partial charge in [0, 0.05) is 12.7 Å². The van der Waals surface area contributed by atoms with Crippen molar-refractivity contribution in [1.29, 1.82) is 0 Å². The molecule has 2 unspecified atom stereocenters. The van der Waals surface area contributed by atoms with E-state index in [4.69, 9.17) is 15.2 Å². The monoisotopic (exact) mass is 300 g/mol. The Morgan fingerprint density at radius 3 is 2.70 bits per heavy atom. The Morgan fingerprint density at radius 1 is 1.50 bits per heavy atom. The van der Waals surface area contributed by atoms with Gasteiger partial charge in [0.2, 0.25) is 10.0 Å². The summed E-state index contributed by atoms with van der Waals surface area (Å²) in [5.74, 6) is 0.519. The van der Waals surface area contributed by atoms with Gasteiger partial charge in [0.25, 0.3) is 0 Å². The molecule has 1 heterocycles. The molecule has 112 valence electrons. The molecule has 1 saturated heterocycles. The molecule has 0 spiro atoms. The summed E-state index contributed by atoms with van der Waals surface area (Å²) in [6.07, 6.45) is 0.445. The van der Waals surface area contributed by atoms with Crippen molar-refractivity contribution in [2.45, 2.75) is 36.8 Å². The molecule has 0 saturated carbocycles. The Balaban J connectivity index is 2.31. The van der Waals surface area contributed by atoms with E-state index in [2.05, 4.69) is 4.72 Å². The lowest BCUT2D eigenvalue weighted by atomic mass is 9.97. The third-order valence-electron chi connectivity index (χ3n) is 3.76. The summed E-state index contributed by atoms with van der Waals surface area (Å²) in [5.41, 5.74) is 5.34. The van der Waals surface area contributed by atoms with Gasteiger partial charge >= 0.3 is 0 Å². The summed E-state index contributed by atoms with van der Waals surface area (Å²) >= 11 is 0. The molecule has 1 fully saturated rings. The first kappa shape index (κ1) is 15.1. The van der Waals surface area contributed by atoms with Crippen molar-refractivity contribution >= 4 is 15.7 Å². The summed E-state index contributed by atoms with van der Waals surface area (Å²) < 4.78 is 38.1. The molecule has 0 bridgehead atoms. The molecular weight excluding hydrogens is 280 g/mol. The largest absolute Gasteiger partial charge is 0.497 e. The van der Waals surface area contributed by atoms with Gasteiger partial charge in [-0.2, -0.15) is 0 Å². The van der Waals surface area contributed by atoms with Crippen LogP contribution in [0.2, 0.25) is 0 Å². The average Bonchev–Trinajstić information content (AvgIpc) is 2.67. The molecule has 2 atom stereocenters. The first-order chi connectivity index (χ1) is 9.28. The van der Waals surface area contributed by atoms with Crippen LogP contribution in [0.15, 0.2) is 23.1 Å². The quantitative estimate of drug-likeness (QED) is 0.813. The van der Waals surface area contributed by atoms with Crippen molar-refractivity contribution in [1.82, 2.24) is 4.72 Å². The van der Waals surface area contributed by atoms with Gasteiger partial charge in [-0.15, -0.1) is 0 Å². The predicted molar refractivity (Wildman–Crippen MR) is 76.2 cm³/mol. The predicted octanol–water partition coefficient (Wildman–Crippen LogP) is 1.12. The van der Waals surface area contributed by atoms with Crippen LogP contribution in [-0.2, 0) is 14.8 Å². The number of hydrogen-bond donors (Lipinski definition) is 2. The SMILES string of the molecule is COc1ccc(S(=O)(=O)NC2(C)CCOC2C)c(N)c1. The molecule has 0 amide bonds. The Morgan fingerprint density at radius 2 is 2.20 bits per heavy atom. The van der Waals surface area contributed by atoms with Crippen molar-refractivity contribution in [3.05, 3.63) is 18.2 Å². The highest BCUT2D eigenvalue weighted by Gasteiger charge is 2.40. The van der Waals surface area contributed by atoms with Crippen molar-refractivity contribution < 1.29 is 17.9 Å². The maximum atomic E-state index is 12.5. The average molecular weight is 300 g/mol. The number of methoxy groups -OCH3 is 1. The minimum Gasteiger partial charge on any atom is -0.497 e. The molecule has 0 radical (unpaired) electrons. The third kappa shape index (κ3) is 2.74. The highest BCUT2D eigenvalue weighted by molar-refractivity contribution is 7.89. The van der Waals surface area contributed by atoms with Gasteiger partial charge in [-0.1, -0.05) is 0 Å². The highest BCUT2D eigenvalue weighted by Crippen LogP contribution is 2.29. The molecule has 2 rings (SSSR count). The van der Waals surface area contributed by atoms with Gasteiger partial charge < -0.3 is 15.2 Å². The second kappa shape index (κ2) is 5.23. The molecule has 0 aliphatic carbocycles. The fourth-order valence-corrected chi connectivity index (χ4v) is 3.84. The molecule has 1 aromatic carbocycles. The van der Waals surface area contributed by atoms with Gasteiger partial charge in [-0.25, -0.2) is 13.1 Å². The van der Waals surface area contributed by atoms with Crippen molar-refractivity contribution in [2.75, 3.05) is 19.5 Å². The minimum atomic E-state index is -3.70. The first-order valence-corrected chi connectivity index (χ1v) is 7.86. The number of ether oxygens (including phenoxy) is 2. The minimum absolute atomic E-state index is 0.0543. The number of sulfonamides is 1. The number of nitrogens with two attached hydrogens (primary N) is 1. The number of rotatable bonds is 4. The van der Waals surface area contributed by atoms with E-state index in [-0.39, 0.29) is 16.7 Å². The van der Waals surface area contributed by atoms with Crippen molar-refractivity contribution in [2.24, 2.45) is 0 Å². The molecule has 7 heteroatoms. The second-order valence-electron chi connectivity index (χ2n) is 5.19. The van der Waals surface area contributed by atoms with Gasteiger partial charge in [0.1, 0.15) is 10.6 Å². The maximum Gasteiger partial charge on any atom is 0.243 e. The molecule has 1 aromatic rings. The zero-order valence-corrected chi connectivity index (χ0v) is 12.7. The zero-order valence-electron chi connectivity index (χ0n) is 11.8. The van der Waals surface area contributed by atoms with Crippen LogP contribution in [0.5, 0.6) is 5.75 Å². The molecular formula is C13H20N2O4S. The van der Waals surface area contributed by atoms with Crippen LogP contribution >= 0.6 is 0 Å². The van der Waals surface area contributed by atoms with E-state index in [0.29, 0.717) is 18.8 Å². The Labute approximate surface area is 119 Å². The fourth-order valence-electron chi connectivity index (χ4n) is 2.23. The molecule has 3 N–H and O–H groups in total. The molecule has 20 heavy (non-hydrogen) atoms. The van der Waals surface area contributed by atoms with E-state index in [0.717, 1.165) is 0 Å². The van der Waals surface area contributed by atoms with E-state index >= 15 is 0 Å². The lowest BCUT2D eigenvalue weighted by molar-refractivity contribution is 0.0957. The van der Waals surface area contributed by atoms with Crippen LogP contribution in [0, 0.1) is 0 Å². The second-order valence-corrected chi connectivity index (χ2v) is 6.84. The van der Waals surface area contributed by atoms with E-state index in [1.54, 1.807) is 6.07 Å². The van der Waals surface area contributed by atoms with Crippen LogP contribution < -0.4 is 15.2 Å². The Kier molecular flexibility index (Phi) is 3.95. The fraction of sp³-hybridized carbons (Fsp3) is 0.538. The lowest BCUT2D eigenvalue weighted by Gasteiger charge is -2.28. The summed E-state index contributed by atoms with van der Waals surface area (Å²) in [6, 6.07) is 4.51. The number of hydrogen-bond acceptors (Lipinski definition) is 5. The van der Waals surface area contributed by atoms with E-state index < -0.39 is 15.6 Å². The van der Waals surface area contributed by atoms with E-state index in [1.807, 2.05) is 13.8 Å². The van der Waals surface area contributed by atoms with Crippen LogP contribution in [0.1, 0.15) is 20.3 Å². The first-order valence-electron chi connectivity index (χ1n) is 6.37. The van der Waals surface area contributed by atoms with Gasteiger partial charge in [0.05, 0.1) is 24.4 Å². The number of benzene rings is 1. The standard InChI is InChI=1S/C13H20N2O4S/c1-9-13(2,6-7-19-9)15-20(16,17)12-5-4-10(18-3)8-11(12)14/h4-5,8-9,15H,6-7,14H2,1-3H3. The van der Waals surface area contributed by atoms with Crippen LogP contribution in [-0.4, -0.2) is 33.8 Å². The van der Waals surface area contributed by atoms with Crippen molar-refractivity contribution in [3.63, 3.8) is 0 Å². The highest BCUT2D eigenvalue weighted by atomic mass is 32.2. The van der Waals surface area contributed by atoms with Crippen LogP contribution in [0.3, 0.4) is 0 Å². The summed E-state index contributed by atoms with van der Waals surface area (Å²) in [5, 5.41) is 0. The molecule has 1 aliphatic heterocycles. The number of nitrogen functional groups attached to an aromatic ring is 1. The van der Waals surface area contributed by atoms with Gasteiger partial charge in [0.15, 0.2) is 0 Å². The maximum absolute atomic E-state index is 12.5. The Bertz CT molecular complexity index is 602. The van der Waals surface area contributed by atoms with E-state index in [9.17, 15) is 8.42 Å². The summed E-state index contributed by atoms with van der Waals surface area (Å²) in [6.45, 7) is 4.23. The van der Waals surface area contributed by atoms with Crippen molar-refractivity contribution in [3.8, 4) is 5.75 Å². The molecule has 1 aliphatic rings. The molecule has 0 aromatic heterocycles. The van der Waals surface area contributed by atoms with Gasteiger partial charge in [-0.05, 0) is 32.4 Å². The van der Waals surface area contributed by atoms with Gasteiger partial charge in [-0.3, -0.25) is 0 Å². The smallest absolute Gasteiger partial charge is 0.243 e. The Hall–Kier alpha value is -1.31. The van der Waals surface area contributed by atoms with Crippen LogP contribution in [0.25, 0.3) is 0 Å². The van der Waals surface area contributed by atoms with Crippen LogP contribution in [0.4, 0.5) is 5.69 Å².